The van der Waals surface area contributed by atoms with Crippen LogP contribution in [0.2, 0.25) is 0 Å². The molecule has 0 radical (unpaired) electrons. The summed E-state index contributed by atoms with van der Waals surface area (Å²) in [7, 11) is 0. The lowest BCUT2D eigenvalue weighted by Gasteiger charge is -2.17. The molecule has 4 atom stereocenters. The molecule has 0 amide bonds. The summed E-state index contributed by atoms with van der Waals surface area (Å²) in [6, 6.07) is 17.6. The van der Waals surface area contributed by atoms with Gasteiger partial charge < -0.3 is 0 Å². The van der Waals surface area contributed by atoms with Gasteiger partial charge in [0.2, 0.25) is 0 Å². The predicted molar refractivity (Wildman–Crippen MR) is 86.1 cm³/mol. The van der Waals surface area contributed by atoms with Gasteiger partial charge >= 0.3 is 0 Å². The number of ketones is 1. The Hall–Kier alpha value is -2.15. The Balaban J connectivity index is 1.69. The van der Waals surface area contributed by atoms with Crippen molar-refractivity contribution in [3.63, 3.8) is 0 Å². The molecule has 1 nitrogen and oxygen atoms in total. The van der Waals surface area contributed by atoms with Crippen LogP contribution in [0.4, 0.5) is 0 Å². The first-order valence-electron chi connectivity index (χ1n) is 8.31. The van der Waals surface area contributed by atoms with Crippen molar-refractivity contribution in [1.29, 1.82) is 0 Å². The summed E-state index contributed by atoms with van der Waals surface area (Å²) in [6.07, 6.45) is 2.24. The van der Waals surface area contributed by atoms with Gasteiger partial charge in [-0.15, -0.1) is 0 Å². The van der Waals surface area contributed by atoms with Gasteiger partial charge in [0, 0.05) is 11.8 Å². The van der Waals surface area contributed by atoms with Crippen molar-refractivity contribution in [2.75, 3.05) is 0 Å². The number of hydrogen-bond acceptors (Lipinski definition) is 1. The van der Waals surface area contributed by atoms with E-state index in [-0.39, 0.29) is 0 Å². The Bertz CT molecular complexity index is 819. The molecule has 22 heavy (non-hydrogen) atoms. The molecular weight excluding hydrogens is 268 g/mol. The van der Waals surface area contributed by atoms with Crippen molar-refractivity contribution in [3.05, 3.63) is 65.2 Å². The Labute approximate surface area is 129 Å². The molecule has 4 saturated carbocycles. The molecule has 0 spiro atoms. The van der Waals surface area contributed by atoms with Crippen LogP contribution >= 0.6 is 0 Å². The number of rotatable bonds is 0. The van der Waals surface area contributed by atoms with Crippen molar-refractivity contribution < 1.29 is 4.79 Å². The predicted octanol–water partition coefficient (Wildman–Crippen LogP) is 4.32. The maximum atomic E-state index is 12.2. The van der Waals surface area contributed by atoms with Crippen molar-refractivity contribution in [3.8, 4) is 11.1 Å². The first-order chi connectivity index (χ1) is 10.8. The second-order valence-corrected chi connectivity index (χ2v) is 7.22. The van der Waals surface area contributed by atoms with Gasteiger partial charge in [-0.3, -0.25) is 4.79 Å². The second kappa shape index (κ2) is 3.60. The summed E-state index contributed by atoms with van der Waals surface area (Å²) in [6.45, 7) is 0. The zero-order valence-corrected chi connectivity index (χ0v) is 12.3. The molecule has 4 fully saturated rings. The van der Waals surface area contributed by atoms with Crippen LogP contribution in [0.1, 0.15) is 24.0 Å². The van der Waals surface area contributed by atoms with Gasteiger partial charge in [0.05, 0.1) is 0 Å². The Kier molecular flexibility index (Phi) is 1.87. The van der Waals surface area contributed by atoms with Crippen molar-refractivity contribution in [1.82, 2.24) is 0 Å². The second-order valence-electron chi connectivity index (χ2n) is 7.22. The van der Waals surface area contributed by atoms with Crippen molar-refractivity contribution >= 4 is 11.4 Å². The minimum atomic E-state index is 0.345. The Morgan fingerprint density at radius 3 is 1.55 bits per heavy atom. The largest absolute Gasteiger partial charge is 0.299 e. The van der Waals surface area contributed by atoms with Crippen LogP contribution in [-0.4, -0.2) is 5.78 Å². The normalized spacial score (nSPS) is 33.0. The monoisotopic (exact) mass is 284 g/mol. The fraction of sp³-hybridized carbons (Fsp3) is 0.286. The Morgan fingerprint density at radius 1 is 0.636 bits per heavy atom. The van der Waals surface area contributed by atoms with Crippen LogP contribution in [0.25, 0.3) is 16.7 Å². The lowest BCUT2D eigenvalue weighted by Crippen LogP contribution is -2.15. The number of benzene rings is 2. The first-order valence-corrected chi connectivity index (χ1v) is 8.31. The summed E-state index contributed by atoms with van der Waals surface area (Å²) < 4.78 is 0. The van der Waals surface area contributed by atoms with E-state index < -0.39 is 0 Å². The van der Waals surface area contributed by atoms with Gasteiger partial charge in [-0.1, -0.05) is 54.1 Å². The third kappa shape index (κ3) is 1.10. The molecule has 4 unspecified atom stereocenters. The summed E-state index contributed by atoms with van der Waals surface area (Å²) in [5, 5.41) is 0. The van der Waals surface area contributed by atoms with E-state index in [0.29, 0.717) is 29.5 Å². The summed E-state index contributed by atoms with van der Waals surface area (Å²) in [5.41, 5.74) is 8.61. The van der Waals surface area contributed by atoms with E-state index >= 15 is 0 Å². The van der Waals surface area contributed by atoms with Crippen molar-refractivity contribution in [2.45, 2.75) is 12.8 Å². The van der Waals surface area contributed by atoms with Crippen molar-refractivity contribution in [2.24, 2.45) is 23.7 Å². The average molecular weight is 284 g/mol. The smallest absolute Gasteiger partial charge is 0.140 e. The topological polar surface area (TPSA) is 17.1 Å². The van der Waals surface area contributed by atoms with Gasteiger partial charge in [0.1, 0.15) is 5.78 Å². The summed E-state index contributed by atoms with van der Waals surface area (Å²) in [5.74, 6) is 2.34. The van der Waals surface area contributed by atoms with Gasteiger partial charge in [-0.05, 0) is 52.5 Å². The number of fused-ring (bicyclic) bond motifs is 3. The molecule has 7 rings (SSSR count). The fourth-order valence-electron chi connectivity index (χ4n) is 5.77. The van der Waals surface area contributed by atoms with Crippen LogP contribution < -0.4 is 0 Å². The minimum Gasteiger partial charge on any atom is -0.299 e. The molecule has 5 aliphatic carbocycles. The molecule has 106 valence electrons. The lowest BCUT2D eigenvalue weighted by molar-refractivity contribution is -0.122. The van der Waals surface area contributed by atoms with Crippen LogP contribution in [0.3, 0.4) is 0 Å². The number of hydrogen-bond donors (Lipinski definition) is 0. The summed E-state index contributed by atoms with van der Waals surface area (Å²) >= 11 is 0. The highest BCUT2D eigenvalue weighted by Gasteiger charge is 2.63. The van der Waals surface area contributed by atoms with Crippen LogP contribution in [-0.2, 0) is 4.79 Å². The minimum absolute atomic E-state index is 0.345. The van der Waals surface area contributed by atoms with Gasteiger partial charge in [0.15, 0.2) is 0 Å². The number of carbonyl (C=O) groups is 1. The molecule has 0 N–H and O–H groups in total. The molecule has 1 heteroatoms. The van der Waals surface area contributed by atoms with Crippen LogP contribution in [0.5, 0.6) is 0 Å². The maximum absolute atomic E-state index is 12.2. The van der Waals surface area contributed by atoms with E-state index in [0.717, 1.165) is 12.8 Å². The zero-order chi connectivity index (χ0) is 14.4. The number of Topliss-reactive ketones (excluding diaryl/α,β-unsaturated/α-hetero) is 1. The zero-order valence-electron chi connectivity index (χ0n) is 12.3. The highest BCUT2D eigenvalue weighted by molar-refractivity contribution is 6.04. The Morgan fingerprint density at radius 2 is 1.09 bits per heavy atom. The van der Waals surface area contributed by atoms with E-state index in [4.69, 9.17) is 0 Å². The molecule has 5 aliphatic rings. The highest BCUT2D eigenvalue weighted by Crippen LogP contribution is 2.66. The first kappa shape index (κ1) is 11.4. The van der Waals surface area contributed by atoms with Gasteiger partial charge in [-0.25, -0.2) is 0 Å². The van der Waals surface area contributed by atoms with E-state index in [2.05, 4.69) is 48.5 Å². The number of carbonyl (C=O) groups excluding carboxylic acids is 1. The maximum Gasteiger partial charge on any atom is 0.140 e. The molecular formula is C21H16O. The molecule has 2 aromatic carbocycles. The standard InChI is InChI=1S/C21H16O/c22-21-17-9-15-18(21)10-16(17)20(15)19-13-7-3-1-5-11(13)12-6-2-4-8-14(12)19/h1-8,15-18H,9-10H2. The van der Waals surface area contributed by atoms with E-state index in [1.165, 1.54) is 27.8 Å². The van der Waals surface area contributed by atoms with E-state index in [1.807, 2.05) is 0 Å². The summed E-state index contributed by atoms with van der Waals surface area (Å²) in [4.78, 5) is 12.2. The molecule has 0 heterocycles. The van der Waals surface area contributed by atoms with E-state index in [1.54, 1.807) is 5.57 Å². The molecule has 0 saturated heterocycles. The third-order valence-corrected chi connectivity index (χ3v) is 6.49. The average Bonchev–Trinajstić information content (AvgIpc) is 3.31. The van der Waals surface area contributed by atoms with Gasteiger partial charge in [-0.2, -0.15) is 0 Å². The molecule has 4 bridgehead atoms. The number of allylic oxidation sites excluding steroid dienone is 1. The third-order valence-electron chi connectivity index (χ3n) is 6.49. The molecule has 2 aromatic rings. The molecule has 0 aromatic heterocycles. The molecule has 0 aliphatic heterocycles. The quantitative estimate of drug-likeness (QED) is 0.600. The van der Waals surface area contributed by atoms with Crippen LogP contribution in [0, 0.1) is 23.7 Å². The fourth-order valence-corrected chi connectivity index (χ4v) is 5.77. The van der Waals surface area contributed by atoms with Gasteiger partial charge in [0.25, 0.3) is 0 Å². The SMILES string of the molecule is O=C1C2CC3C(=C4c5ccccc5-c5ccccc54)C2CC13. The lowest BCUT2D eigenvalue weighted by atomic mass is 9.86. The van der Waals surface area contributed by atoms with E-state index in [9.17, 15) is 4.79 Å². The highest BCUT2D eigenvalue weighted by atomic mass is 16.1. The van der Waals surface area contributed by atoms with Crippen LogP contribution in [0.15, 0.2) is 54.1 Å².